The van der Waals surface area contributed by atoms with E-state index in [0.717, 1.165) is 0 Å². The standard InChI is InChI=1S/C24H34ClN5O5/c1-14(2)11-29(20-21(26)30(12-15(3)4)24(34)27-22(20)32)19(31)13-28(6)23(33)16(5)35-18-9-7-17(25)8-10-18/h7-10,14-16H,11-13,26H2,1-6H3,(H,27,32,34). The van der Waals surface area contributed by atoms with Gasteiger partial charge in [-0.15, -0.1) is 0 Å². The molecular formula is C24H34ClN5O5. The van der Waals surface area contributed by atoms with Crippen LogP contribution in [-0.4, -0.2) is 52.5 Å². The van der Waals surface area contributed by atoms with Crippen LogP contribution in [0.15, 0.2) is 33.9 Å². The number of likely N-dealkylation sites (N-methyl/N-ethyl adjacent to an activating group) is 1. The summed E-state index contributed by atoms with van der Waals surface area (Å²) in [4.78, 5) is 55.9. The summed E-state index contributed by atoms with van der Waals surface area (Å²) in [6, 6.07) is 6.57. The third-order valence-electron chi connectivity index (χ3n) is 5.10. The first kappa shape index (κ1) is 28.0. The van der Waals surface area contributed by atoms with Crippen LogP contribution in [0.25, 0.3) is 0 Å². The Bertz CT molecular complexity index is 1160. The largest absolute Gasteiger partial charge is 0.481 e. The lowest BCUT2D eigenvalue weighted by Crippen LogP contribution is -2.48. The van der Waals surface area contributed by atoms with Gasteiger partial charge < -0.3 is 20.3 Å². The molecule has 10 nitrogen and oxygen atoms in total. The molecule has 1 heterocycles. The molecule has 0 saturated carbocycles. The van der Waals surface area contributed by atoms with E-state index >= 15 is 0 Å². The fourth-order valence-electron chi connectivity index (χ4n) is 3.51. The van der Waals surface area contributed by atoms with Crippen LogP contribution in [0.2, 0.25) is 5.02 Å². The number of aromatic amines is 1. The summed E-state index contributed by atoms with van der Waals surface area (Å²) in [6.07, 6.45) is -0.867. The van der Waals surface area contributed by atoms with E-state index in [9.17, 15) is 19.2 Å². The molecule has 2 aromatic rings. The molecule has 1 aromatic carbocycles. The molecule has 0 fully saturated rings. The average Bonchev–Trinajstić information content (AvgIpc) is 2.76. The van der Waals surface area contributed by atoms with Crippen molar-refractivity contribution in [2.24, 2.45) is 11.8 Å². The molecule has 0 aliphatic carbocycles. The van der Waals surface area contributed by atoms with E-state index in [1.165, 1.54) is 21.4 Å². The van der Waals surface area contributed by atoms with Gasteiger partial charge in [-0.2, -0.15) is 0 Å². The number of nitrogen functional groups attached to an aromatic ring is 1. The Balaban J connectivity index is 2.29. The van der Waals surface area contributed by atoms with Crippen LogP contribution >= 0.6 is 11.6 Å². The van der Waals surface area contributed by atoms with E-state index in [1.807, 2.05) is 27.7 Å². The zero-order valence-electron chi connectivity index (χ0n) is 21.0. The number of hydrogen-bond acceptors (Lipinski definition) is 6. The number of nitrogens with zero attached hydrogens (tertiary/aromatic N) is 3. The molecule has 192 valence electrons. The third kappa shape index (κ3) is 7.35. The predicted octanol–water partition coefficient (Wildman–Crippen LogP) is 2.34. The summed E-state index contributed by atoms with van der Waals surface area (Å²) in [5.41, 5.74) is 4.73. The minimum absolute atomic E-state index is 0.0172. The molecule has 0 radical (unpaired) electrons. The Labute approximate surface area is 209 Å². The maximum atomic E-state index is 13.3. The van der Waals surface area contributed by atoms with Crippen molar-refractivity contribution in [2.45, 2.75) is 47.3 Å². The van der Waals surface area contributed by atoms with E-state index in [0.29, 0.717) is 10.8 Å². The molecular weight excluding hydrogens is 474 g/mol. The van der Waals surface area contributed by atoms with Gasteiger partial charge in [0, 0.05) is 25.2 Å². The molecule has 1 aromatic heterocycles. The first-order chi connectivity index (χ1) is 16.3. The monoisotopic (exact) mass is 507 g/mol. The van der Waals surface area contributed by atoms with Gasteiger partial charge >= 0.3 is 5.69 Å². The van der Waals surface area contributed by atoms with Gasteiger partial charge in [0.2, 0.25) is 5.91 Å². The fraction of sp³-hybridized carbons (Fsp3) is 0.500. The van der Waals surface area contributed by atoms with Crippen LogP contribution in [0.1, 0.15) is 34.6 Å². The van der Waals surface area contributed by atoms with E-state index in [-0.39, 0.29) is 43.0 Å². The van der Waals surface area contributed by atoms with Crippen molar-refractivity contribution in [1.82, 2.24) is 14.5 Å². The molecule has 11 heteroatoms. The van der Waals surface area contributed by atoms with Crippen molar-refractivity contribution in [3.63, 3.8) is 0 Å². The van der Waals surface area contributed by atoms with Crippen molar-refractivity contribution in [1.29, 1.82) is 0 Å². The zero-order valence-corrected chi connectivity index (χ0v) is 21.8. The Morgan fingerprint density at radius 1 is 1.09 bits per heavy atom. The second kappa shape index (κ2) is 11.9. The van der Waals surface area contributed by atoms with E-state index < -0.39 is 29.2 Å². The van der Waals surface area contributed by atoms with Gasteiger partial charge in [-0.25, -0.2) is 4.79 Å². The Morgan fingerprint density at radius 3 is 2.23 bits per heavy atom. The highest BCUT2D eigenvalue weighted by atomic mass is 35.5. The van der Waals surface area contributed by atoms with Crippen molar-refractivity contribution in [3.05, 3.63) is 50.1 Å². The molecule has 0 bridgehead atoms. The van der Waals surface area contributed by atoms with E-state index in [4.69, 9.17) is 22.1 Å². The number of carbonyl (C=O) groups is 2. The third-order valence-corrected chi connectivity index (χ3v) is 5.36. The maximum Gasteiger partial charge on any atom is 0.330 e. The number of aromatic nitrogens is 2. The van der Waals surface area contributed by atoms with Crippen LogP contribution in [0, 0.1) is 11.8 Å². The number of H-pyrrole nitrogens is 1. The number of anilines is 2. The van der Waals surface area contributed by atoms with Gasteiger partial charge in [-0.1, -0.05) is 39.3 Å². The zero-order chi connectivity index (χ0) is 26.4. The summed E-state index contributed by atoms with van der Waals surface area (Å²) in [7, 11) is 1.47. The number of benzene rings is 1. The minimum atomic E-state index is -0.867. The first-order valence-electron chi connectivity index (χ1n) is 11.4. The molecule has 1 unspecified atom stereocenters. The highest BCUT2D eigenvalue weighted by molar-refractivity contribution is 6.30. The lowest BCUT2D eigenvalue weighted by atomic mass is 10.2. The minimum Gasteiger partial charge on any atom is -0.481 e. The van der Waals surface area contributed by atoms with E-state index in [1.54, 1.807) is 31.2 Å². The average molecular weight is 508 g/mol. The van der Waals surface area contributed by atoms with Crippen LogP contribution in [0.5, 0.6) is 5.75 Å². The van der Waals surface area contributed by atoms with Gasteiger partial charge in [0.1, 0.15) is 11.6 Å². The quantitative estimate of drug-likeness (QED) is 0.507. The number of nitrogens with one attached hydrogen (secondary N) is 1. The molecule has 3 N–H and O–H groups in total. The second-order valence-electron chi connectivity index (χ2n) is 9.30. The summed E-state index contributed by atoms with van der Waals surface area (Å²) in [6.45, 7) is 9.28. The highest BCUT2D eigenvalue weighted by Gasteiger charge is 2.28. The van der Waals surface area contributed by atoms with Crippen LogP contribution < -0.4 is 26.6 Å². The molecule has 0 aliphatic rings. The Morgan fingerprint density at radius 2 is 1.69 bits per heavy atom. The summed E-state index contributed by atoms with van der Waals surface area (Å²) in [5.74, 6) is -0.507. The molecule has 0 aliphatic heterocycles. The topological polar surface area (TPSA) is 131 Å². The van der Waals surface area contributed by atoms with E-state index in [2.05, 4.69) is 4.98 Å². The predicted molar refractivity (Wildman–Crippen MR) is 137 cm³/mol. The number of rotatable bonds is 10. The normalized spacial score (nSPS) is 12.0. The molecule has 35 heavy (non-hydrogen) atoms. The maximum absolute atomic E-state index is 13.3. The molecule has 0 spiro atoms. The first-order valence-corrected chi connectivity index (χ1v) is 11.8. The Kier molecular flexibility index (Phi) is 9.53. The van der Waals surface area contributed by atoms with Crippen molar-refractivity contribution in [2.75, 3.05) is 30.8 Å². The lowest BCUT2D eigenvalue weighted by molar-refractivity contribution is -0.139. The number of halogens is 1. The van der Waals surface area contributed by atoms with Gasteiger partial charge in [0.15, 0.2) is 11.8 Å². The van der Waals surface area contributed by atoms with Crippen molar-refractivity contribution >= 4 is 34.9 Å². The number of carbonyl (C=O) groups excluding carboxylic acids is 2. The number of hydrogen-bond donors (Lipinski definition) is 2. The van der Waals surface area contributed by atoms with Gasteiger partial charge in [0.25, 0.3) is 11.5 Å². The van der Waals surface area contributed by atoms with Gasteiger partial charge in [-0.3, -0.25) is 23.9 Å². The Hall–Kier alpha value is -3.27. The molecule has 0 saturated heterocycles. The van der Waals surface area contributed by atoms with Gasteiger partial charge in [0.05, 0.1) is 6.54 Å². The second-order valence-corrected chi connectivity index (χ2v) is 9.74. The van der Waals surface area contributed by atoms with Crippen molar-refractivity contribution < 1.29 is 14.3 Å². The van der Waals surface area contributed by atoms with Crippen molar-refractivity contribution in [3.8, 4) is 5.75 Å². The number of ether oxygens (including phenoxy) is 1. The number of amides is 2. The SMILES string of the molecule is CC(C)CN(C(=O)CN(C)C(=O)C(C)Oc1ccc(Cl)cc1)c1c(N)n(CC(C)C)c(=O)[nH]c1=O. The van der Waals surface area contributed by atoms with Gasteiger partial charge in [-0.05, 0) is 43.0 Å². The van der Waals surface area contributed by atoms with Crippen LogP contribution in [-0.2, 0) is 16.1 Å². The molecule has 2 amide bonds. The smallest absolute Gasteiger partial charge is 0.330 e. The summed E-state index contributed by atoms with van der Waals surface area (Å²) in [5, 5.41) is 0.540. The summed E-state index contributed by atoms with van der Waals surface area (Å²) >= 11 is 5.87. The highest BCUT2D eigenvalue weighted by Crippen LogP contribution is 2.20. The number of nitrogens with two attached hydrogens (primary N) is 1. The van der Waals surface area contributed by atoms with Crippen LogP contribution in [0.3, 0.4) is 0 Å². The molecule has 1 atom stereocenters. The summed E-state index contributed by atoms with van der Waals surface area (Å²) < 4.78 is 6.91. The van der Waals surface area contributed by atoms with Crippen LogP contribution in [0.4, 0.5) is 11.5 Å². The lowest BCUT2D eigenvalue weighted by Gasteiger charge is -2.29. The molecule has 2 rings (SSSR count). The fourth-order valence-corrected chi connectivity index (χ4v) is 3.64.